The molecule has 0 aromatic heterocycles. The van der Waals surface area contributed by atoms with Crippen LogP contribution in [0.25, 0.3) is 0 Å². The molecule has 0 saturated heterocycles. The maximum atomic E-state index is 13.6. The predicted octanol–water partition coefficient (Wildman–Crippen LogP) is 1.93. The first-order chi connectivity index (χ1) is 8.99. The van der Waals surface area contributed by atoms with Crippen molar-refractivity contribution in [1.29, 1.82) is 0 Å². The van der Waals surface area contributed by atoms with E-state index in [1.807, 2.05) is 0 Å². The maximum Gasteiger partial charge on any atom is 0.239 e. The number of ether oxygens (including phenoxy) is 1. The fourth-order valence-electron chi connectivity index (χ4n) is 1.72. The minimum atomic E-state index is -0.817. The molecule has 0 spiro atoms. The molecule has 0 fully saturated rings. The van der Waals surface area contributed by atoms with Crippen LogP contribution in [0.2, 0.25) is 0 Å². The van der Waals surface area contributed by atoms with Gasteiger partial charge >= 0.3 is 0 Å². The molecule has 2 atom stereocenters. The van der Waals surface area contributed by atoms with E-state index in [2.05, 4.69) is 5.32 Å². The van der Waals surface area contributed by atoms with Crippen LogP contribution in [0.3, 0.4) is 0 Å². The van der Waals surface area contributed by atoms with Crippen molar-refractivity contribution in [3.63, 3.8) is 0 Å². The molecule has 0 saturated carbocycles. The van der Waals surface area contributed by atoms with Crippen LogP contribution in [0.1, 0.15) is 24.9 Å². The highest BCUT2D eigenvalue weighted by atomic mass is 35.5. The summed E-state index contributed by atoms with van der Waals surface area (Å²) < 4.78 is 31.3. The third-order valence-electron chi connectivity index (χ3n) is 2.75. The van der Waals surface area contributed by atoms with Crippen molar-refractivity contribution in [2.24, 2.45) is 5.73 Å². The van der Waals surface area contributed by atoms with E-state index in [1.165, 1.54) is 13.2 Å². The monoisotopic (exact) mass is 308 g/mol. The third kappa shape index (κ3) is 5.03. The Morgan fingerprint density at radius 1 is 1.45 bits per heavy atom. The standard InChI is InChI=1S/C13H18F2N2O2.ClH/c1-3-12(17-13(18)11(16)7-19-2)9-5-4-8(14)6-10(9)15;/h4-6,11-12H,3,7,16H2,1-2H3,(H,17,18);1H. The highest BCUT2D eigenvalue weighted by Crippen LogP contribution is 2.20. The minimum Gasteiger partial charge on any atom is -0.383 e. The Bertz CT molecular complexity index is 446. The molecule has 7 heteroatoms. The lowest BCUT2D eigenvalue weighted by atomic mass is 10.0. The van der Waals surface area contributed by atoms with Gasteiger partial charge in [-0.3, -0.25) is 4.79 Å². The summed E-state index contributed by atoms with van der Waals surface area (Å²) in [5.41, 5.74) is 5.82. The van der Waals surface area contributed by atoms with Crippen LogP contribution in [0, 0.1) is 11.6 Å². The second kappa shape index (κ2) is 8.84. The zero-order chi connectivity index (χ0) is 14.4. The lowest BCUT2D eigenvalue weighted by Crippen LogP contribution is -2.44. The van der Waals surface area contributed by atoms with Crippen molar-refractivity contribution in [2.75, 3.05) is 13.7 Å². The molecule has 1 aromatic rings. The van der Waals surface area contributed by atoms with Gasteiger partial charge in [-0.25, -0.2) is 8.78 Å². The minimum absolute atomic E-state index is 0. The second-order valence-electron chi connectivity index (χ2n) is 4.20. The highest BCUT2D eigenvalue weighted by molar-refractivity contribution is 5.85. The highest BCUT2D eigenvalue weighted by Gasteiger charge is 2.20. The van der Waals surface area contributed by atoms with Gasteiger partial charge in [0.25, 0.3) is 0 Å². The summed E-state index contributed by atoms with van der Waals surface area (Å²) in [7, 11) is 1.43. The average molecular weight is 309 g/mol. The quantitative estimate of drug-likeness (QED) is 0.844. The summed E-state index contributed by atoms with van der Waals surface area (Å²) in [4.78, 5) is 11.7. The Balaban J connectivity index is 0.00000361. The summed E-state index contributed by atoms with van der Waals surface area (Å²) in [6.45, 7) is 1.86. The summed E-state index contributed by atoms with van der Waals surface area (Å²) in [5.74, 6) is -1.77. The summed E-state index contributed by atoms with van der Waals surface area (Å²) in [5, 5.41) is 2.62. The van der Waals surface area contributed by atoms with E-state index in [9.17, 15) is 13.6 Å². The van der Waals surface area contributed by atoms with Crippen LogP contribution >= 0.6 is 12.4 Å². The van der Waals surface area contributed by atoms with Gasteiger partial charge < -0.3 is 15.8 Å². The zero-order valence-corrected chi connectivity index (χ0v) is 12.2. The van der Waals surface area contributed by atoms with Gasteiger partial charge in [0.05, 0.1) is 12.6 Å². The molecule has 20 heavy (non-hydrogen) atoms. The second-order valence-corrected chi connectivity index (χ2v) is 4.20. The van der Waals surface area contributed by atoms with E-state index < -0.39 is 29.6 Å². The van der Waals surface area contributed by atoms with Gasteiger partial charge in [0.15, 0.2) is 0 Å². The molecule has 1 amide bonds. The fraction of sp³-hybridized carbons (Fsp3) is 0.462. The zero-order valence-electron chi connectivity index (χ0n) is 11.4. The lowest BCUT2D eigenvalue weighted by Gasteiger charge is -2.20. The topological polar surface area (TPSA) is 64.4 Å². The third-order valence-corrected chi connectivity index (χ3v) is 2.75. The van der Waals surface area contributed by atoms with Gasteiger partial charge in [-0.05, 0) is 12.5 Å². The summed E-state index contributed by atoms with van der Waals surface area (Å²) >= 11 is 0. The molecule has 2 unspecified atom stereocenters. The van der Waals surface area contributed by atoms with E-state index in [0.29, 0.717) is 6.42 Å². The SMILES string of the molecule is CCC(NC(=O)C(N)COC)c1ccc(F)cc1F.Cl. The number of nitrogens with two attached hydrogens (primary N) is 1. The van der Waals surface area contributed by atoms with Crippen molar-refractivity contribution in [3.05, 3.63) is 35.4 Å². The van der Waals surface area contributed by atoms with Crippen LogP contribution < -0.4 is 11.1 Å². The molecule has 1 aromatic carbocycles. The largest absolute Gasteiger partial charge is 0.383 e. The normalized spacial score (nSPS) is 13.2. The van der Waals surface area contributed by atoms with Gasteiger partial charge in [0.2, 0.25) is 5.91 Å². The van der Waals surface area contributed by atoms with Crippen molar-refractivity contribution in [3.8, 4) is 0 Å². The Kier molecular flexibility index (Phi) is 8.29. The number of benzene rings is 1. The first kappa shape index (κ1) is 18.8. The predicted molar refractivity (Wildman–Crippen MR) is 74.6 cm³/mol. The fourth-order valence-corrected chi connectivity index (χ4v) is 1.72. The van der Waals surface area contributed by atoms with E-state index in [1.54, 1.807) is 6.92 Å². The molecule has 0 aliphatic heterocycles. The number of hydrogen-bond donors (Lipinski definition) is 2. The Hall–Kier alpha value is -1.24. The first-order valence-electron chi connectivity index (χ1n) is 5.99. The van der Waals surface area contributed by atoms with Crippen LogP contribution in [-0.4, -0.2) is 25.7 Å². The molecular formula is C13H19ClF2N2O2. The van der Waals surface area contributed by atoms with Crippen molar-refractivity contribution in [1.82, 2.24) is 5.32 Å². The number of amides is 1. The van der Waals surface area contributed by atoms with Crippen LogP contribution in [0.15, 0.2) is 18.2 Å². The Morgan fingerprint density at radius 2 is 2.10 bits per heavy atom. The van der Waals surface area contributed by atoms with Gasteiger partial charge in [0.1, 0.15) is 17.7 Å². The molecule has 4 nitrogen and oxygen atoms in total. The number of carbonyl (C=O) groups excluding carboxylic acids is 1. The number of hydrogen-bond acceptors (Lipinski definition) is 3. The Morgan fingerprint density at radius 3 is 2.60 bits per heavy atom. The molecular weight excluding hydrogens is 290 g/mol. The number of rotatable bonds is 6. The molecule has 1 rings (SSSR count). The van der Waals surface area contributed by atoms with Crippen molar-refractivity contribution in [2.45, 2.75) is 25.4 Å². The molecule has 3 N–H and O–H groups in total. The molecule has 0 heterocycles. The van der Waals surface area contributed by atoms with E-state index in [4.69, 9.17) is 10.5 Å². The molecule has 0 aliphatic carbocycles. The molecule has 114 valence electrons. The van der Waals surface area contributed by atoms with Crippen LogP contribution in [0.5, 0.6) is 0 Å². The lowest BCUT2D eigenvalue weighted by molar-refractivity contribution is -0.124. The molecule has 0 radical (unpaired) electrons. The smallest absolute Gasteiger partial charge is 0.239 e. The number of methoxy groups -OCH3 is 1. The average Bonchev–Trinajstić information content (AvgIpc) is 2.36. The number of carbonyl (C=O) groups is 1. The van der Waals surface area contributed by atoms with Gasteiger partial charge in [-0.2, -0.15) is 0 Å². The van der Waals surface area contributed by atoms with Gasteiger partial charge in [0, 0.05) is 18.7 Å². The van der Waals surface area contributed by atoms with Gasteiger partial charge in [-0.15, -0.1) is 12.4 Å². The summed E-state index contributed by atoms with van der Waals surface area (Å²) in [6, 6.07) is 1.90. The van der Waals surface area contributed by atoms with Crippen molar-refractivity contribution < 1.29 is 18.3 Å². The molecule has 0 aliphatic rings. The van der Waals surface area contributed by atoms with Crippen molar-refractivity contribution >= 4 is 18.3 Å². The number of nitrogens with one attached hydrogen (secondary N) is 1. The maximum absolute atomic E-state index is 13.6. The van der Waals surface area contributed by atoms with E-state index in [0.717, 1.165) is 12.1 Å². The first-order valence-corrected chi connectivity index (χ1v) is 5.99. The van der Waals surface area contributed by atoms with Gasteiger partial charge in [-0.1, -0.05) is 13.0 Å². The molecule has 0 bridgehead atoms. The van der Waals surface area contributed by atoms with Crippen LogP contribution in [-0.2, 0) is 9.53 Å². The summed E-state index contributed by atoms with van der Waals surface area (Å²) in [6.07, 6.45) is 0.466. The van der Waals surface area contributed by atoms with E-state index >= 15 is 0 Å². The van der Waals surface area contributed by atoms with Crippen LogP contribution in [0.4, 0.5) is 8.78 Å². The number of halogens is 3. The Labute approximate surface area is 123 Å². The van der Waals surface area contributed by atoms with E-state index in [-0.39, 0.29) is 24.6 Å².